The van der Waals surface area contributed by atoms with E-state index in [1.54, 1.807) is 0 Å². The van der Waals surface area contributed by atoms with E-state index >= 15 is 0 Å². The molecule has 2 aromatic rings. The average molecular weight is 335 g/mol. The van der Waals surface area contributed by atoms with Crippen LogP contribution in [-0.4, -0.2) is 18.9 Å². The van der Waals surface area contributed by atoms with Gasteiger partial charge in [-0.2, -0.15) is 0 Å². The second-order valence-corrected chi connectivity index (χ2v) is 7.36. The van der Waals surface area contributed by atoms with E-state index in [1.807, 2.05) is 0 Å². The molecule has 0 bridgehead atoms. The standard InChI is InChI=1S/C23H30N2/c1-19(2)23(20-12-6-3-7-13-20,21-14-8-4-9-15-21)18-25-22-16-10-5-11-17-24-22/h3-4,6-9,12-15,19H,5,10-11,16-18H2,1-2H3,(H,24,25). The topological polar surface area (TPSA) is 24.4 Å². The molecule has 3 rings (SSSR count). The summed E-state index contributed by atoms with van der Waals surface area (Å²) in [5.41, 5.74) is 2.62. The SMILES string of the molecule is CC(C)C(CN=C1CCCCCN1)(c1ccccc1)c1ccccc1. The van der Waals surface area contributed by atoms with Gasteiger partial charge in [0.15, 0.2) is 0 Å². The first kappa shape index (κ1) is 17.7. The highest BCUT2D eigenvalue weighted by atomic mass is 15.0. The number of hydrogen-bond donors (Lipinski definition) is 1. The van der Waals surface area contributed by atoms with Gasteiger partial charge in [0, 0.05) is 18.4 Å². The second-order valence-electron chi connectivity index (χ2n) is 7.36. The summed E-state index contributed by atoms with van der Waals surface area (Å²) in [6.07, 6.45) is 4.89. The molecule has 1 N–H and O–H groups in total. The maximum absolute atomic E-state index is 5.10. The summed E-state index contributed by atoms with van der Waals surface area (Å²) in [7, 11) is 0. The molecule has 1 aliphatic heterocycles. The average Bonchev–Trinajstić information content (AvgIpc) is 2.93. The number of benzene rings is 2. The third-order valence-electron chi connectivity index (χ3n) is 5.50. The summed E-state index contributed by atoms with van der Waals surface area (Å²) in [5, 5.41) is 3.55. The molecule has 2 nitrogen and oxygen atoms in total. The van der Waals surface area contributed by atoms with E-state index in [0.29, 0.717) is 5.92 Å². The molecule has 132 valence electrons. The fourth-order valence-corrected chi connectivity index (χ4v) is 3.94. The van der Waals surface area contributed by atoms with E-state index in [0.717, 1.165) is 19.5 Å². The Bertz CT molecular complexity index is 624. The van der Waals surface area contributed by atoms with E-state index in [1.165, 1.54) is 36.2 Å². The zero-order valence-electron chi connectivity index (χ0n) is 15.5. The third-order valence-corrected chi connectivity index (χ3v) is 5.50. The summed E-state index contributed by atoms with van der Waals surface area (Å²) in [4.78, 5) is 5.10. The first-order valence-corrected chi connectivity index (χ1v) is 9.62. The molecule has 0 aliphatic carbocycles. The Kier molecular flexibility index (Phi) is 5.91. The van der Waals surface area contributed by atoms with Gasteiger partial charge in [0.2, 0.25) is 0 Å². The maximum Gasteiger partial charge on any atom is 0.0963 e. The Morgan fingerprint density at radius 2 is 1.48 bits per heavy atom. The predicted octanol–water partition coefficient (Wildman–Crippen LogP) is 5.19. The van der Waals surface area contributed by atoms with Gasteiger partial charge in [0.25, 0.3) is 0 Å². The molecule has 1 saturated heterocycles. The summed E-state index contributed by atoms with van der Waals surface area (Å²) in [6, 6.07) is 21.8. The zero-order chi connectivity index (χ0) is 17.5. The van der Waals surface area contributed by atoms with Crippen LogP contribution in [0.4, 0.5) is 0 Å². The van der Waals surface area contributed by atoms with Crippen LogP contribution in [0.2, 0.25) is 0 Å². The van der Waals surface area contributed by atoms with E-state index in [-0.39, 0.29) is 5.41 Å². The van der Waals surface area contributed by atoms with Gasteiger partial charge < -0.3 is 5.32 Å². The van der Waals surface area contributed by atoms with Crippen molar-refractivity contribution in [2.45, 2.75) is 44.9 Å². The monoisotopic (exact) mass is 334 g/mol. The highest BCUT2D eigenvalue weighted by Crippen LogP contribution is 2.39. The van der Waals surface area contributed by atoms with Gasteiger partial charge in [-0.15, -0.1) is 0 Å². The molecule has 0 saturated carbocycles. The Hall–Kier alpha value is -2.09. The van der Waals surface area contributed by atoms with Crippen LogP contribution < -0.4 is 5.32 Å². The minimum Gasteiger partial charge on any atom is -0.374 e. The molecule has 0 radical (unpaired) electrons. The lowest BCUT2D eigenvalue weighted by Gasteiger charge is -2.38. The van der Waals surface area contributed by atoms with Crippen molar-refractivity contribution in [2.75, 3.05) is 13.1 Å². The van der Waals surface area contributed by atoms with E-state index in [9.17, 15) is 0 Å². The van der Waals surface area contributed by atoms with Crippen LogP contribution in [0.25, 0.3) is 0 Å². The van der Waals surface area contributed by atoms with Crippen molar-refractivity contribution in [3.63, 3.8) is 0 Å². The summed E-state index contributed by atoms with van der Waals surface area (Å²) in [5.74, 6) is 1.64. The third kappa shape index (κ3) is 3.95. The smallest absolute Gasteiger partial charge is 0.0963 e. The van der Waals surface area contributed by atoms with Crippen molar-refractivity contribution in [3.05, 3.63) is 71.8 Å². The first-order valence-electron chi connectivity index (χ1n) is 9.62. The molecule has 1 fully saturated rings. The van der Waals surface area contributed by atoms with Crippen molar-refractivity contribution in [1.29, 1.82) is 0 Å². The minimum absolute atomic E-state index is 0.0937. The fourth-order valence-electron chi connectivity index (χ4n) is 3.94. The second kappa shape index (κ2) is 8.33. The summed E-state index contributed by atoms with van der Waals surface area (Å²) in [6.45, 7) is 6.49. The quantitative estimate of drug-likeness (QED) is 0.799. The van der Waals surface area contributed by atoms with Crippen molar-refractivity contribution >= 4 is 5.84 Å². The fraction of sp³-hybridized carbons (Fsp3) is 0.435. The molecular formula is C23H30N2. The highest BCUT2D eigenvalue weighted by molar-refractivity contribution is 5.82. The predicted molar refractivity (Wildman–Crippen MR) is 107 cm³/mol. The van der Waals surface area contributed by atoms with Gasteiger partial charge in [-0.3, -0.25) is 4.99 Å². The highest BCUT2D eigenvalue weighted by Gasteiger charge is 2.37. The van der Waals surface area contributed by atoms with Crippen LogP contribution in [-0.2, 0) is 5.41 Å². The molecule has 0 amide bonds. The molecule has 0 unspecified atom stereocenters. The minimum atomic E-state index is -0.0937. The van der Waals surface area contributed by atoms with Crippen LogP contribution in [0.15, 0.2) is 65.7 Å². The maximum atomic E-state index is 5.10. The van der Waals surface area contributed by atoms with Gasteiger partial charge >= 0.3 is 0 Å². The lowest BCUT2D eigenvalue weighted by molar-refractivity contribution is 0.380. The molecular weight excluding hydrogens is 304 g/mol. The van der Waals surface area contributed by atoms with Gasteiger partial charge in [-0.1, -0.05) is 80.9 Å². The number of nitrogens with one attached hydrogen (secondary N) is 1. The molecule has 2 aromatic carbocycles. The lowest BCUT2D eigenvalue weighted by atomic mass is 9.67. The molecule has 0 spiro atoms. The van der Waals surface area contributed by atoms with Gasteiger partial charge in [-0.25, -0.2) is 0 Å². The number of hydrogen-bond acceptors (Lipinski definition) is 1. The molecule has 25 heavy (non-hydrogen) atoms. The number of nitrogens with zero attached hydrogens (tertiary/aromatic N) is 1. The number of amidine groups is 1. The van der Waals surface area contributed by atoms with Crippen LogP contribution in [0.1, 0.15) is 50.7 Å². The van der Waals surface area contributed by atoms with Crippen LogP contribution in [0, 0.1) is 5.92 Å². The van der Waals surface area contributed by atoms with Crippen LogP contribution in [0.3, 0.4) is 0 Å². The summed E-state index contributed by atoms with van der Waals surface area (Å²) >= 11 is 0. The van der Waals surface area contributed by atoms with Crippen molar-refractivity contribution in [1.82, 2.24) is 5.32 Å². The molecule has 1 aliphatic rings. The molecule has 0 aromatic heterocycles. The van der Waals surface area contributed by atoms with E-state index < -0.39 is 0 Å². The summed E-state index contributed by atoms with van der Waals surface area (Å²) < 4.78 is 0. The number of rotatable bonds is 5. The molecule has 2 heteroatoms. The molecule has 1 heterocycles. The first-order chi connectivity index (χ1) is 12.2. The number of aliphatic imine (C=N–C) groups is 1. The molecule has 0 atom stereocenters. The normalized spacial score (nSPS) is 17.3. The van der Waals surface area contributed by atoms with Gasteiger partial charge in [0.1, 0.15) is 0 Å². The Morgan fingerprint density at radius 1 is 0.880 bits per heavy atom. The van der Waals surface area contributed by atoms with Crippen LogP contribution >= 0.6 is 0 Å². The Balaban J connectivity index is 2.03. The van der Waals surface area contributed by atoms with Gasteiger partial charge in [-0.05, 0) is 29.9 Å². The lowest BCUT2D eigenvalue weighted by Crippen LogP contribution is -2.38. The largest absolute Gasteiger partial charge is 0.374 e. The van der Waals surface area contributed by atoms with Crippen molar-refractivity contribution in [3.8, 4) is 0 Å². The van der Waals surface area contributed by atoms with Gasteiger partial charge in [0.05, 0.1) is 12.4 Å². The van der Waals surface area contributed by atoms with E-state index in [4.69, 9.17) is 4.99 Å². The van der Waals surface area contributed by atoms with Crippen LogP contribution in [0.5, 0.6) is 0 Å². The van der Waals surface area contributed by atoms with Crippen molar-refractivity contribution in [2.24, 2.45) is 10.9 Å². The van der Waals surface area contributed by atoms with Crippen molar-refractivity contribution < 1.29 is 0 Å². The van der Waals surface area contributed by atoms with E-state index in [2.05, 4.69) is 79.8 Å². The Labute approximate surface area is 152 Å². The Morgan fingerprint density at radius 3 is 2.04 bits per heavy atom. The zero-order valence-corrected chi connectivity index (χ0v) is 15.5.